The second-order valence-corrected chi connectivity index (χ2v) is 4.22. The van der Waals surface area contributed by atoms with Gasteiger partial charge in [0.25, 0.3) is 0 Å². The van der Waals surface area contributed by atoms with E-state index in [1.54, 1.807) is 0 Å². The molecule has 0 fully saturated rings. The molecule has 1 heterocycles. The number of anilines is 2. The maximum atomic E-state index is 13.1. The van der Waals surface area contributed by atoms with Crippen molar-refractivity contribution in [3.63, 3.8) is 0 Å². The van der Waals surface area contributed by atoms with Crippen LogP contribution in [0, 0.1) is 5.82 Å². The van der Waals surface area contributed by atoms with E-state index in [1.807, 2.05) is 0 Å². The Labute approximate surface area is 109 Å². The molecule has 4 N–H and O–H groups in total. The van der Waals surface area contributed by atoms with Crippen molar-refractivity contribution in [3.05, 3.63) is 35.1 Å². The Morgan fingerprint density at radius 1 is 1.44 bits per heavy atom. The van der Waals surface area contributed by atoms with Gasteiger partial charge in [0.2, 0.25) is 0 Å². The van der Waals surface area contributed by atoms with Gasteiger partial charge < -0.3 is 11.1 Å². The Bertz CT molecular complexity index is 514. The van der Waals surface area contributed by atoms with E-state index in [4.69, 9.17) is 17.3 Å². The van der Waals surface area contributed by atoms with Crippen LogP contribution in [-0.2, 0) is 6.42 Å². The van der Waals surface area contributed by atoms with Crippen LogP contribution in [0.25, 0.3) is 0 Å². The van der Waals surface area contributed by atoms with E-state index < -0.39 is 5.82 Å². The number of rotatable bonds is 5. The zero-order valence-electron chi connectivity index (χ0n) is 9.58. The van der Waals surface area contributed by atoms with E-state index in [2.05, 4.69) is 20.5 Å². The van der Waals surface area contributed by atoms with E-state index in [9.17, 15) is 4.39 Å². The van der Waals surface area contributed by atoms with Crippen LogP contribution in [0.4, 0.5) is 15.8 Å². The number of hydrogen-bond donors (Lipinski definition) is 3. The number of aryl methyl sites for hydroxylation is 1. The predicted octanol–water partition coefficient (Wildman–Crippen LogP) is 2.22. The average Bonchev–Trinajstić information content (AvgIpc) is 2.84. The van der Waals surface area contributed by atoms with Crippen LogP contribution in [0.15, 0.2) is 18.5 Å². The highest BCUT2D eigenvalue weighted by atomic mass is 35.5. The number of halogens is 2. The molecule has 2 aromatic rings. The molecule has 0 aliphatic rings. The lowest BCUT2D eigenvalue weighted by Gasteiger charge is -2.09. The molecule has 0 spiro atoms. The number of aromatic nitrogens is 3. The van der Waals surface area contributed by atoms with Gasteiger partial charge in [-0.05, 0) is 12.5 Å². The van der Waals surface area contributed by atoms with E-state index in [1.165, 1.54) is 18.5 Å². The smallest absolute Gasteiger partial charge is 0.143 e. The van der Waals surface area contributed by atoms with Gasteiger partial charge in [0.05, 0.1) is 16.4 Å². The summed E-state index contributed by atoms with van der Waals surface area (Å²) in [6, 6.07) is 2.70. The van der Waals surface area contributed by atoms with Crippen molar-refractivity contribution in [3.8, 4) is 0 Å². The van der Waals surface area contributed by atoms with Crippen molar-refractivity contribution < 1.29 is 4.39 Å². The fraction of sp³-hybridized carbons (Fsp3) is 0.273. The molecular formula is C11H13ClFN5. The van der Waals surface area contributed by atoms with E-state index in [-0.39, 0.29) is 5.02 Å². The van der Waals surface area contributed by atoms with Crippen molar-refractivity contribution in [1.29, 1.82) is 0 Å². The summed E-state index contributed by atoms with van der Waals surface area (Å²) in [4.78, 5) is 4.01. The zero-order valence-corrected chi connectivity index (χ0v) is 10.3. The molecule has 1 aromatic heterocycles. The second-order valence-electron chi connectivity index (χ2n) is 3.82. The molecule has 0 atom stereocenters. The highest BCUT2D eigenvalue weighted by Crippen LogP contribution is 2.26. The number of nitrogens with two attached hydrogens (primary N) is 1. The number of nitrogen functional groups attached to an aromatic ring is 1. The summed E-state index contributed by atoms with van der Waals surface area (Å²) < 4.78 is 13.1. The van der Waals surface area contributed by atoms with E-state index >= 15 is 0 Å². The second kappa shape index (κ2) is 5.68. The lowest BCUT2D eigenvalue weighted by Crippen LogP contribution is -2.06. The molecule has 1 aromatic carbocycles. The van der Waals surface area contributed by atoms with Crippen LogP contribution in [0.5, 0.6) is 0 Å². The molecule has 5 nitrogen and oxygen atoms in total. The number of hydrogen-bond acceptors (Lipinski definition) is 4. The summed E-state index contributed by atoms with van der Waals surface area (Å²) in [7, 11) is 0. The summed E-state index contributed by atoms with van der Waals surface area (Å²) in [5.74, 6) is 0.322. The van der Waals surface area contributed by atoms with Crippen LogP contribution < -0.4 is 11.1 Å². The number of aromatic amines is 1. The van der Waals surface area contributed by atoms with Crippen LogP contribution >= 0.6 is 11.6 Å². The van der Waals surface area contributed by atoms with Crippen molar-refractivity contribution in [1.82, 2.24) is 15.2 Å². The molecule has 0 amide bonds. The third kappa shape index (κ3) is 3.10. The van der Waals surface area contributed by atoms with E-state index in [0.29, 0.717) is 17.9 Å². The third-order valence-electron chi connectivity index (χ3n) is 2.46. The number of benzene rings is 1. The molecule has 0 radical (unpaired) electrons. The number of H-pyrrole nitrogens is 1. The first-order valence-electron chi connectivity index (χ1n) is 5.49. The molecule has 7 heteroatoms. The lowest BCUT2D eigenvalue weighted by molar-refractivity contribution is 0.629. The lowest BCUT2D eigenvalue weighted by atomic mass is 10.2. The minimum atomic E-state index is -0.513. The molecule has 0 bridgehead atoms. The van der Waals surface area contributed by atoms with Gasteiger partial charge in [0.1, 0.15) is 18.0 Å². The summed E-state index contributed by atoms with van der Waals surface area (Å²) in [5, 5.41) is 9.70. The number of nitrogens with one attached hydrogen (secondary N) is 2. The maximum absolute atomic E-state index is 13.1. The summed E-state index contributed by atoms with van der Waals surface area (Å²) in [5.41, 5.74) is 6.66. The fourth-order valence-corrected chi connectivity index (χ4v) is 1.71. The highest BCUT2D eigenvalue weighted by Gasteiger charge is 2.05. The van der Waals surface area contributed by atoms with Crippen LogP contribution in [0.1, 0.15) is 12.2 Å². The van der Waals surface area contributed by atoms with Gasteiger partial charge in [-0.15, -0.1) is 0 Å². The Balaban J connectivity index is 1.85. The van der Waals surface area contributed by atoms with Crippen LogP contribution in [-0.4, -0.2) is 21.7 Å². The number of nitrogens with zero attached hydrogens (tertiary/aromatic N) is 2. The van der Waals surface area contributed by atoms with Gasteiger partial charge in [-0.2, -0.15) is 5.10 Å². The summed E-state index contributed by atoms with van der Waals surface area (Å²) in [6.07, 6.45) is 3.10. The fourth-order valence-electron chi connectivity index (χ4n) is 1.55. The van der Waals surface area contributed by atoms with Crippen molar-refractivity contribution in [2.24, 2.45) is 0 Å². The molecule has 96 valence electrons. The first-order chi connectivity index (χ1) is 8.66. The van der Waals surface area contributed by atoms with Gasteiger partial charge in [-0.1, -0.05) is 11.6 Å². The Morgan fingerprint density at radius 3 is 3.00 bits per heavy atom. The molecule has 18 heavy (non-hydrogen) atoms. The maximum Gasteiger partial charge on any atom is 0.143 e. The van der Waals surface area contributed by atoms with Crippen LogP contribution in [0.3, 0.4) is 0 Å². The Kier molecular flexibility index (Phi) is 3.99. The Hall–Kier alpha value is -1.82. The molecule has 0 aliphatic heterocycles. The summed E-state index contributed by atoms with van der Waals surface area (Å²) >= 11 is 5.69. The standard InChI is InChI=1S/C11H13ClFN5/c12-7-4-10(9(14)5-8(7)13)15-3-1-2-11-16-6-17-18-11/h4-6,15H,1-3,14H2,(H,16,17,18). The van der Waals surface area contributed by atoms with Gasteiger partial charge in [0.15, 0.2) is 0 Å². The highest BCUT2D eigenvalue weighted by molar-refractivity contribution is 6.31. The normalized spacial score (nSPS) is 10.6. The molecule has 0 unspecified atom stereocenters. The molecule has 0 aliphatic carbocycles. The SMILES string of the molecule is Nc1cc(F)c(Cl)cc1NCCCc1ncn[nH]1. The Morgan fingerprint density at radius 2 is 2.28 bits per heavy atom. The van der Waals surface area contributed by atoms with Gasteiger partial charge in [-0.3, -0.25) is 5.10 Å². The topological polar surface area (TPSA) is 79.6 Å². The van der Waals surface area contributed by atoms with Crippen LogP contribution in [0.2, 0.25) is 5.02 Å². The third-order valence-corrected chi connectivity index (χ3v) is 2.75. The zero-order chi connectivity index (χ0) is 13.0. The van der Waals surface area contributed by atoms with Gasteiger partial charge >= 0.3 is 0 Å². The largest absolute Gasteiger partial charge is 0.397 e. The molecule has 0 saturated heterocycles. The van der Waals surface area contributed by atoms with Gasteiger partial charge in [0, 0.05) is 19.0 Å². The van der Waals surface area contributed by atoms with Crippen molar-refractivity contribution >= 4 is 23.0 Å². The molecule has 0 saturated carbocycles. The monoisotopic (exact) mass is 269 g/mol. The molecular weight excluding hydrogens is 257 g/mol. The first kappa shape index (κ1) is 12.6. The predicted molar refractivity (Wildman–Crippen MR) is 69.0 cm³/mol. The first-order valence-corrected chi connectivity index (χ1v) is 5.87. The molecule has 2 rings (SSSR count). The van der Waals surface area contributed by atoms with Crippen molar-refractivity contribution in [2.45, 2.75) is 12.8 Å². The minimum absolute atomic E-state index is 0.0573. The quantitative estimate of drug-likeness (QED) is 0.574. The average molecular weight is 270 g/mol. The van der Waals surface area contributed by atoms with E-state index in [0.717, 1.165) is 18.7 Å². The van der Waals surface area contributed by atoms with Gasteiger partial charge in [-0.25, -0.2) is 9.37 Å². The minimum Gasteiger partial charge on any atom is -0.397 e. The van der Waals surface area contributed by atoms with Crippen molar-refractivity contribution in [2.75, 3.05) is 17.6 Å². The summed E-state index contributed by atoms with van der Waals surface area (Å²) in [6.45, 7) is 0.687.